The van der Waals surface area contributed by atoms with Crippen LogP contribution in [0.5, 0.6) is 0 Å². The van der Waals surface area contributed by atoms with Gasteiger partial charge in [0.2, 0.25) is 5.91 Å². The Balaban J connectivity index is 1.78. The lowest BCUT2D eigenvalue weighted by Crippen LogP contribution is -2.35. The molecule has 0 spiro atoms. The van der Waals surface area contributed by atoms with Crippen molar-refractivity contribution in [1.29, 1.82) is 0 Å². The van der Waals surface area contributed by atoms with E-state index in [-0.39, 0.29) is 23.6 Å². The van der Waals surface area contributed by atoms with Crippen LogP contribution in [0.2, 0.25) is 0 Å². The molecule has 0 saturated heterocycles. The zero-order chi connectivity index (χ0) is 19.2. The minimum Gasteiger partial charge on any atom is -0.383 e. The first-order valence-electron chi connectivity index (χ1n) is 8.50. The number of hydrogen-bond donors (Lipinski definition) is 3. The standard InChI is InChI=1S/C20H21N5OS/c1-13(27-20-23-16(21)12-17(22)24-20)19(26)25-18(14-8-4-2-5-9-14)15-10-6-3-7-11-15/h2-13,18H,1H3,(H,25,26)(H4,21,22,23,24). The van der Waals surface area contributed by atoms with Crippen LogP contribution < -0.4 is 16.8 Å². The van der Waals surface area contributed by atoms with E-state index >= 15 is 0 Å². The summed E-state index contributed by atoms with van der Waals surface area (Å²) in [6.07, 6.45) is 0. The molecule has 0 radical (unpaired) electrons. The molecule has 0 aliphatic carbocycles. The number of rotatable bonds is 6. The highest BCUT2D eigenvalue weighted by Gasteiger charge is 2.22. The number of carbonyl (C=O) groups is 1. The molecular weight excluding hydrogens is 358 g/mol. The Labute approximate surface area is 162 Å². The van der Waals surface area contributed by atoms with Gasteiger partial charge in [-0.05, 0) is 18.1 Å². The van der Waals surface area contributed by atoms with Crippen molar-refractivity contribution in [3.63, 3.8) is 0 Å². The lowest BCUT2D eigenvalue weighted by atomic mass is 9.98. The van der Waals surface area contributed by atoms with E-state index in [0.717, 1.165) is 11.1 Å². The molecule has 1 atom stereocenters. The molecule has 5 N–H and O–H groups in total. The van der Waals surface area contributed by atoms with E-state index in [2.05, 4.69) is 15.3 Å². The molecule has 2 aromatic carbocycles. The van der Waals surface area contributed by atoms with Crippen molar-refractivity contribution in [2.75, 3.05) is 11.5 Å². The lowest BCUT2D eigenvalue weighted by Gasteiger charge is -2.22. The molecule has 0 aliphatic rings. The minimum atomic E-state index is -0.416. The summed E-state index contributed by atoms with van der Waals surface area (Å²) in [6.45, 7) is 1.80. The Morgan fingerprint density at radius 2 is 1.41 bits per heavy atom. The Hall–Kier alpha value is -3.06. The van der Waals surface area contributed by atoms with Gasteiger partial charge in [-0.15, -0.1) is 0 Å². The van der Waals surface area contributed by atoms with Crippen LogP contribution in [0.25, 0.3) is 0 Å². The molecule has 0 bridgehead atoms. The fraction of sp³-hybridized carbons (Fsp3) is 0.150. The van der Waals surface area contributed by atoms with Crippen molar-refractivity contribution in [2.45, 2.75) is 23.4 Å². The molecule has 3 aromatic rings. The average molecular weight is 379 g/mol. The highest BCUT2D eigenvalue weighted by Crippen LogP contribution is 2.25. The number of hydrogen-bond acceptors (Lipinski definition) is 6. The predicted molar refractivity (Wildman–Crippen MR) is 109 cm³/mol. The third-order valence-electron chi connectivity index (χ3n) is 3.95. The Morgan fingerprint density at radius 1 is 0.926 bits per heavy atom. The second-order valence-electron chi connectivity index (χ2n) is 6.02. The van der Waals surface area contributed by atoms with Crippen molar-refractivity contribution >= 4 is 29.3 Å². The number of thioether (sulfide) groups is 1. The van der Waals surface area contributed by atoms with Gasteiger partial charge in [-0.3, -0.25) is 4.79 Å². The summed E-state index contributed by atoms with van der Waals surface area (Å²) in [5.74, 6) is 0.440. The normalized spacial score (nSPS) is 11.9. The molecule has 1 aromatic heterocycles. The molecule has 6 nitrogen and oxygen atoms in total. The number of carbonyl (C=O) groups excluding carboxylic acids is 1. The van der Waals surface area contributed by atoms with Gasteiger partial charge in [-0.1, -0.05) is 72.4 Å². The van der Waals surface area contributed by atoms with E-state index < -0.39 is 5.25 Å². The number of nitrogens with zero attached hydrogens (tertiary/aromatic N) is 2. The molecule has 1 amide bonds. The van der Waals surface area contributed by atoms with E-state index in [1.165, 1.54) is 17.8 Å². The maximum absolute atomic E-state index is 12.8. The second-order valence-corrected chi connectivity index (χ2v) is 7.33. The number of amides is 1. The molecule has 7 heteroatoms. The Kier molecular flexibility index (Phi) is 5.93. The summed E-state index contributed by atoms with van der Waals surface area (Å²) in [4.78, 5) is 21.1. The lowest BCUT2D eigenvalue weighted by molar-refractivity contribution is -0.120. The molecular formula is C20H21N5OS. The monoisotopic (exact) mass is 379 g/mol. The maximum atomic E-state index is 12.8. The zero-order valence-electron chi connectivity index (χ0n) is 14.9. The van der Waals surface area contributed by atoms with Gasteiger partial charge in [0, 0.05) is 6.07 Å². The number of nitrogens with one attached hydrogen (secondary N) is 1. The van der Waals surface area contributed by atoms with Crippen molar-refractivity contribution in [1.82, 2.24) is 15.3 Å². The van der Waals surface area contributed by atoms with E-state index in [0.29, 0.717) is 5.16 Å². The number of aromatic nitrogens is 2. The summed E-state index contributed by atoms with van der Waals surface area (Å²) in [7, 11) is 0. The van der Waals surface area contributed by atoms with E-state index in [9.17, 15) is 4.79 Å². The minimum absolute atomic E-state index is 0.123. The van der Waals surface area contributed by atoms with Gasteiger partial charge < -0.3 is 16.8 Å². The van der Waals surface area contributed by atoms with Crippen molar-refractivity contribution in [3.8, 4) is 0 Å². The SMILES string of the molecule is CC(Sc1nc(N)cc(N)n1)C(=O)NC(c1ccccc1)c1ccccc1. The Bertz CT molecular complexity index is 845. The largest absolute Gasteiger partial charge is 0.383 e. The first kappa shape index (κ1) is 18.7. The zero-order valence-corrected chi connectivity index (χ0v) is 15.7. The molecule has 27 heavy (non-hydrogen) atoms. The van der Waals surface area contributed by atoms with Crippen LogP contribution in [0.4, 0.5) is 11.6 Å². The number of benzene rings is 2. The number of nitrogens with two attached hydrogens (primary N) is 2. The fourth-order valence-corrected chi connectivity index (χ4v) is 3.44. The Morgan fingerprint density at radius 3 is 1.89 bits per heavy atom. The highest BCUT2D eigenvalue weighted by molar-refractivity contribution is 8.00. The van der Waals surface area contributed by atoms with Crippen molar-refractivity contribution in [3.05, 3.63) is 77.9 Å². The molecule has 0 aliphatic heterocycles. The van der Waals surface area contributed by atoms with Crippen LogP contribution in [0, 0.1) is 0 Å². The molecule has 0 fully saturated rings. The van der Waals surface area contributed by atoms with Crippen LogP contribution in [0.1, 0.15) is 24.1 Å². The van der Waals surface area contributed by atoms with Crippen molar-refractivity contribution < 1.29 is 4.79 Å². The molecule has 1 unspecified atom stereocenters. The van der Waals surface area contributed by atoms with E-state index in [1.54, 1.807) is 6.92 Å². The topological polar surface area (TPSA) is 107 Å². The van der Waals surface area contributed by atoms with Gasteiger partial charge in [0.1, 0.15) is 11.6 Å². The van der Waals surface area contributed by atoms with E-state index in [4.69, 9.17) is 11.5 Å². The van der Waals surface area contributed by atoms with E-state index in [1.807, 2.05) is 60.7 Å². The molecule has 138 valence electrons. The van der Waals surface area contributed by atoms with Crippen LogP contribution in [0.3, 0.4) is 0 Å². The number of anilines is 2. The predicted octanol–water partition coefficient (Wildman–Crippen LogP) is 3.03. The molecule has 0 saturated carbocycles. The van der Waals surface area contributed by atoms with Crippen molar-refractivity contribution in [2.24, 2.45) is 0 Å². The maximum Gasteiger partial charge on any atom is 0.234 e. The number of nitrogen functional groups attached to an aromatic ring is 2. The smallest absolute Gasteiger partial charge is 0.234 e. The first-order chi connectivity index (χ1) is 13.0. The average Bonchev–Trinajstić information content (AvgIpc) is 2.66. The van der Waals surface area contributed by atoms with Gasteiger partial charge in [-0.2, -0.15) is 0 Å². The third kappa shape index (κ3) is 4.98. The van der Waals surface area contributed by atoms with Gasteiger partial charge >= 0.3 is 0 Å². The highest BCUT2D eigenvalue weighted by atomic mass is 32.2. The summed E-state index contributed by atoms with van der Waals surface area (Å²) in [6, 6.07) is 21.0. The summed E-state index contributed by atoms with van der Waals surface area (Å²) in [5, 5.41) is 3.09. The van der Waals surface area contributed by atoms with Gasteiger partial charge in [-0.25, -0.2) is 9.97 Å². The summed E-state index contributed by atoms with van der Waals surface area (Å²) in [5.41, 5.74) is 13.4. The van der Waals surface area contributed by atoms with Gasteiger partial charge in [0.25, 0.3) is 0 Å². The molecule has 1 heterocycles. The quantitative estimate of drug-likeness (QED) is 0.449. The third-order valence-corrected chi connectivity index (χ3v) is 4.91. The van der Waals surface area contributed by atoms with Crippen LogP contribution in [-0.2, 0) is 4.79 Å². The summed E-state index contributed by atoms with van der Waals surface area (Å²) >= 11 is 1.22. The van der Waals surface area contributed by atoms with Gasteiger partial charge in [0.15, 0.2) is 5.16 Å². The second kappa shape index (κ2) is 8.55. The van der Waals surface area contributed by atoms with Crippen LogP contribution >= 0.6 is 11.8 Å². The summed E-state index contributed by atoms with van der Waals surface area (Å²) < 4.78 is 0. The fourth-order valence-electron chi connectivity index (χ4n) is 2.64. The van der Waals surface area contributed by atoms with Crippen LogP contribution in [0.15, 0.2) is 71.9 Å². The first-order valence-corrected chi connectivity index (χ1v) is 9.38. The molecule has 3 rings (SSSR count). The van der Waals surface area contributed by atoms with Gasteiger partial charge in [0.05, 0.1) is 11.3 Å². The van der Waals surface area contributed by atoms with Crippen LogP contribution in [-0.4, -0.2) is 21.1 Å².